The highest BCUT2D eigenvalue weighted by Crippen LogP contribution is 2.35. The molecular formula is C30H25IN2O5S. The molecule has 0 saturated carbocycles. The maximum atomic E-state index is 14.0. The Morgan fingerprint density at radius 3 is 2.44 bits per heavy atom. The molecule has 0 radical (unpaired) electrons. The smallest absolute Gasteiger partial charge is 0.338 e. The number of halogens is 1. The SMILES string of the molecule is CCOC(=O)C1=C(c2ccccc2)N=c2s/c(=C\c3ccc(OC)c(I)c3)c(=O)n2C1c1ccc(OC)cc1. The summed E-state index contributed by atoms with van der Waals surface area (Å²) >= 11 is 3.49. The van der Waals surface area contributed by atoms with Crippen LogP contribution in [-0.2, 0) is 9.53 Å². The number of nitrogens with zero attached hydrogens (tertiary/aromatic N) is 2. The Hall–Kier alpha value is -3.70. The maximum Gasteiger partial charge on any atom is 0.338 e. The van der Waals surface area contributed by atoms with Crippen LogP contribution >= 0.6 is 33.9 Å². The predicted octanol–water partition coefficient (Wildman–Crippen LogP) is 4.56. The molecule has 3 aromatic carbocycles. The van der Waals surface area contributed by atoms with Crippen LogP contribution in [-0.4, -0.2) is 31.4 Å². The van der Waals surface area contributed by atoms with Crippen molar-refractivity contribution in [2.75, 3.05) is 20.8 Å². The van der Waals surface area contributed by atoms with Gasteiger partial charge in [-0.1, -0.05) is 59.9 Å². The van der Waals surface area contributed by atoms with E-state index in [4.69, 9.17) is 19.2 Å². The van der Waals surface area contributed by atoms with Crippen LogP contribution < -0.4 is 24.4 Å². The molecular weight excluding hydrogens is 627 g/mol. The van der Waals surface area contributed by atoms with Gasteiger partial charge in [0.25, 0.3) is 5.56 Å². The van der Waals surface area contributed by atoms with Crippen LogP contribution in [0.2, 0.25) is 0 Å². The third-order valence-electron chi connectivity index (χ3n) is 6.28. The molecule has 0 fully saturated rings. The van der Waals surface area contributed by atoms with Crippen molar-refractivity contribution in [3.05, 3.63) is 118 Å². The molecule has 1 aromatic heterocycles. The Balaban J connectivity index is 1.79. The van der Waals surface area contributed by atoms with E-state index in [1.54, 1.807) is 25.7 Å². The molecule has 2 heterocycles. The van der Waals surface area contributed by atoms with Crippen molar-refractivity contribution in [2.45, 2.75) is 13.0 Å². The molecule has 4 aromatic rings. The van der Waals surface area contributed by atoms with Gasteiger partial charge in [0.15, 0.2) is 4.80 Å². The molecule has 0 N–H and O–H groups in total. The number of methoxy groups -OCH3 is 2. The van der Waals surface area contributed by atoms with E-state index in [1.165, 1.54) is 11.3 Å². The lowest BCUT2D eigenvalue weighted by molar-refractivity contribution is -0.138. The zero-order valence-electron chi connectivity index (χ0n) is 21.5. The maximum absolute atomic E-state index is 14.0. The highest BCUT2D eigenvalue weighted by atomic mass is 127. The lowest BCUT2D eigenvalue weighted by Crippen LogP contribution is -2.40. The number of fused-ring (bicyclic) bond motifs is 1. The molecule has 1 aliphatic heterocycles. The average Bonchev–Trinajstić information content (AvgIpc) is 3.27. The van der Waals surface area contributed by atoms with E-state index >= 15 is 0 Å². The molecule has 1 aliphatic rings. The van der Waals surface area contributed by atoms with Gasteiger partial charge in [0.05, 0.1) is 46.2 Å². The minimum Gasteiger partial charge on any atom is -0.497 e. The Labute approximate surface area is 242 Å². The molecule has 0 bridgehead atoms. The van der Waals surface area contributed by atoms with Crippen LogP contribution in [0.15, 0.2) is 88.2 Å². The number of carbonyl (C=O) groups is 1. The fraction of sp³-hybridized carbons (Fsp3) is 0.167. The number of carbonyl (C=O) groups excluding carboxylic acids is 1. The minimum absolute atomic E-state index is 0.195. The van der Waals surface area contributed by atoms with Gasteiger partial charge in [-0.2, -0.15) is 0 Å². The molecule has 1 unspecified atom stereocenters. The van der Waals surface area contributed by atoms with Crippen LogP contribution in [0.3, 0.4) is 0 Å². The molecule has 5 rings (SSSR count). The molecule has 198 valence electrons. The summed E-state index contributed by atoms with van der Waals surface area (Å²) in [5.41, 5.74) is 2.93. The number of thiazole rings is 1. The molecule has 0 amide bonds. The first-order valence-corrected chi connectivity index (χ1v) is 14.1. The Morgan fingerprint density at radius 1 is 1.05 bits per heavy atom. The standard InChI is InChI=1S/C30H25IN2O5S/c1-4-38-29(35)25-26(19-8-6-5-7-9-19)32-30-33(27(25)20-11-13-21(36-2)14-12-20)28(34)24(39-30)17-18-10-15-23(37-3)22(31)16-18/h5-17,27H,4H2,1-3H3/b24-17-. The Kier molecular flexibility index (Phi) is 7.99. The van der Waals surface area contributed by atoms with E-state index in [0.717, 1.165) is 26.0 Å². The summed E-state index contributed by atoms with van der Waals surface area (Å²) in [5, 5.41) is 0. The lowest BCUT2D eigenvalue weighted by atomic mass is 9.93. The van der Waals surface area contributed by atoms with Crippen LogP contribution in [0.25, 0.3) is 11.8 Å². The van der Waals surface area contributed by atoms with Crippen LogP contribution in [0.4, 0.5) is 0 Å². The summed E-state index contributed by atoms with van der Waals surface area (Å²) in [4.78, 5) is 32.8. The topological polar surface area (TPSA) is 79.1 Å². The first kappa shape index (κ1) is 26.9. The highest BCUT2D eigenvalue weighted by Gasteiger charge is 2.35. The molecule has 0 spiro atoms. The van der Waals surface area contributed by atoms with Crippen LogP contribution in [0.5, 0.6) is 11.5 Å². The number of esters is 1. The first-order chi connectivity index (χ1) is 18.9. The number of rotatable bonds is 7. The average molecular weight is 653 g/mol. The second kappa shape index (κ2) is 11.6. The van der Waals surface area contributed by atoms with Crippen LogP contribution in [0.1, 0.15) is 29.7 Å². The van der Waals surface area contributed by atoms with E-state index in [9.17, 15) is 9.59 Å². The summed E-state index contributed by atoms with van der Waals surface area (Å²) in [6.45, 7) is 1.95. The second-order valence-corrected chi connectivity index (χ2v) is 10.8. The third-order valence-corrected chi connectivity index (χ3v) is 8.10. The van der Waals surface area contributed by atoms with Gasteiger partial charge in [0, 0.05) is 5.56 Å². The number of ether oxygens (including phenoxy) is 3. The molecule has 7 nitrogen and oxygen atoms in total. The summed E-state index contributed by atoms with van der Waals surface area (Å²) in [5.74, 6) is 0.922. The number of hydrogen-bond acceptors (Lipinski definition) is 7. The van der Waals surface area contributed by atoms with Gasteiger partial charge in [-0.3, -0.25) is 9.36 Å². The van der Waals surface area contributed by atoms with Crippen molar-refractivity contribution in [2.24, 2.45) is 4.99 Å². The summed E-state index contributed by atoms with van der Waals surface area (Å²) < 4.78 is 19.3. The van der Waals surface area contributed by atoms with Crippen molar-refractivity contribution in [3.8, 4) is 11.5 Å². The third kappa shape index (κ3) is 5.28. The van der Waals surface area contributed by atoms with Crippen molar-refractivity contribution >= 4 is 51.7 Å². The quantitative estimate of drug-likeness (QED) is 0.216. The van der Waals surface area contributed by atoms with Crippen molar-refractivity contribution in [1.82, 2.24) is 4.57 Å². The number of benzene rings is 3. The molecule has 1 atom stereocenters. The van der Waals surface area contributed by atoms with Crippen molar-refractivity contribution in [3.63, 3.8) is 0 Å². The molecule has 0 saturated heterocycles. The van der Waals surface area contributed by atoms with Crippen LogP contribution in [0, 0.1) is 3.57 Å². The minimum atomic E-state index is -0.737. The monoisotopic (exact) mass is 652 g/mol. The zero-order valence-corrected chi connectivity index (χ0v) is 24.5. The van der Waals surface area contributed by atoms with Crippen molar-refractivity contribution < 1.29 is 19.0 Å². The van der Waals surface area contributed by atoms with Gasteiger partial charge in [0.2, 0.25) is 0 Å². The fourth-order valence-corrected chi connectivity index (χ4v) is 6.23. The largest absolute Gasteiger partial charge is 0.497 e. The van der Waals surface area contributed by atoms with Crippen molar-refractivity contribution in [1.29, 1.82) is 0 Å². The summed E-state index contributed by atoms with van der Waals surface area (Å²) in [6.07, 6.45) is 1.84. The van der Waals surface area contributed by atoms with E-state index in [0.29, 0.717) is 26.4 Å². The van der Waals surface area contributed by atoms with Gasteiger partial charge >= 0.3 is 5.97 Å². The normalized spacial score (nSPS) is 15.0. The summed E-state index contributed by atoms with van der Waals surface area (Å²) in [7, 11) is 3.22. The lowest BCUT2D eigenvalue weighted by Gasteiger charge is -2.26. The van der Waals surface area contributed by atoms with Gasteiger partial charge in [-0.15, -0.1) is 0 Å². The zero-order chi connectivity index (χ0) is 27.5. The van der Waals surface area contributed by atoms with Gasteiger partial charge in [-0.05, 0) is 71.0 Å². The Morgan fingerprint density at radius 2 is 1.79 bits per heavy atom. The van der Waals surface area contributed by atoms with E-state index in [1.807, 2.05) is 78.9 Å². The first-order valence-electron chi connectivity index (χ1n) is 12.2. The predicted molar refractivity (Wildman–Crippen MR) is 160 cm³/mol. The Bertz CT molecular complexity index is 1740. The van der Waals surface area contributed by atoms with Gasteiger partial charge in [0.1, 0.15) is 11.5 Å². The van der Waals surface area contributed by atoms with E-state index < -0.39 is 12.0 Å². The summed E-state index contributed by atoms with van der Waals surface area (Å²) in [6, 6.07) is 21.8. The van der Waals surface area contributed by atoms with E-state index in [2.05, 4.69) is 22.6 Å². The van der Waals surface area contributed by atoms with Gasteiger partial charge in [-0.25, -0.2) is 9.79 Å². The second-order valence-electron chi connectivity index (χ2n) is 8.60. The molecule has 0 aliphatic carbocycles. The molecule has 9 heteroatoms. The fourth-order valence-electron chi connectivity index (χ4n) is 4.47. The number of hydrogen-bond donors (Lipinski definition) is 0. The van der Waals surface area contributed by atoms with Gasteiger partial charge < -0.3 is 14.2 Å². The number of aromatic nitrogens is 1. The van der Waals surface area contributed by atoms with E-state index in [-0.39, 0.29) is 12.2 Å². The molecule has 39 heavy (non-hydrogen) atoms. The highest BCUT2D eigenvalue weighted by molar-refractivity contribution is 14.1.